The maximum atomic E-state index is 11.7. The molecule has 0 aliphatic carbocycles. The highest BCUT2D eigenvalue weighted by Crippen LogP contribution is 2.29. The van der Waals surface area contributed by atoms with Gasteiger partial charge in [0.2, 0.25) is 0 Å². The molecule has 1 saturated heterocycles. The third-order valence-corrected chi connectivity index (χ3v) is 3.38. The van der Waals surface area contributed by atoms with E-state index in [0.29, 0.717) is 0 Å². The van der Waals surface area contributed by atoms with Crippen LogP contribution in [-0.4, -0.2) is 55.0 Å². The van der Waals surface area contributed by atoms with Gasteiger partial charge < -0.3 is 20.1 Å². The first-order chi connectivity index (χ1) is 8.99. The van der Waals surface area contributed by atoms with Gasteiger partial charge in [0.15, 0.2) is 12.0 Å². The topological polar surface area (TPSA) is 137 Å². The normalized spacial score (nSPS) is 30.6. The SMILES string of the molecule is O=c1nc(NO)c(Br)cn1[C@@H]1O[C@H](CO)[C@@H](O)[C@H]1O. The molecule has 0 amide bonds. The standard InChI is InChI=1S/C9H12BrN3O6/c10-3-1-13(9(17)11-7(3)12-18)8-6(16)5(15)4(2-14)19-8/h1,4-6,8,14-16,18H,2H2,(H,11,12,17)/t4-,5-,6-,8-/m1/s1. The van der Waals surface area contributed by atoms with Crippen LogP contribution in [0.4, 0.5) is 5.82 Å². The van der Waals surface area contributed by atoms with Gasteiger partial charge in [-0.1, -0.05) is 0 Å². The molecule has 0 aromatic carbocycles. The molecule has 1 aliphatic rings. The number of aliphatic hydroxyl groups is 3. The summed E-state index contributed by atoms with van der Waals surface area (Å²) in [5.74, 6) is -0.0898. The molecule has 0 unspecified atom stereocenters. The third kappa shape index (κ3) is 2.50. The fourth-order valence-electron chi connectivity index (χ4n) is 1.82. The molecule has 19 heavy (non-hydrogen) atoms. The van der Waals surface area contributed by atoms with Gasteiger partial charge in [0.05, 0.1) is 11.1 Å². The van der Waals surface area contributed by atoms with Gasteiger partial charge in [-0.15, -0.1) is 0 Å². The van der Waals surface area contributed by atoms with Gasteiger partial charge in [0, 0.05) is 6.20 Å². The molecule has 0 saturated carbocycles. The lowest BCUT2D eigenvalue weighted by Crippen LogP contribution is -2.36. The van der Waals surface area contributed by atoms with Gasteiger partial charge in [-0.3, -0.25) is 15.3 Å². The molecule has 1 aromatic heterocycles. The largest absolute Gasteiger partial charge is 0.394 e. The number of halogens is 1. The summed E-state index contributed by atoms with van der Waals surface area (Å²) >= 11 is 3.06. The van der Waals surface area contributed by atoms with E-state index < -0.39 is 36.8 Å². The molecule has 106 valence electrons. The minimum atomic E-state index is -1.38. The van der Waals surface area contributed by atoms with E-state index >= 15 is 0 Å². The van der Waals surface area contributed by atoms with E-state index in [4.69, 9.17) is 15.1 Å². The van der Waals surface area contributed by atoms with Crippen molar-refractivity contribution in [3.63, 3.8) is 0 Å². The second-order valence-corrected chi connectivity index (χ2v) is 4.82. The number of aromatic nitrogens is 2. The van der Waals surface area contributed by atoms with Crippen molar-refractivity contribution in [2.24, 2.45) is 0 Å². The molecule has 0 radical (unpaired) electrons. The predicted octanol–water partition coefficient (Wildman–Crippen LogP) is -1.58. The Kier molecular flexibility index (Phi) is 4.18. The van der Waals surface area contributed by atoms with Gasteiger partial charge in [-0.2, -0.15) is 4.98 Å². The van der Waals surface area contributed by atoms with Gasteiger partial charge in [-0.05, 0) is 15.9 Å². The van der Waals surface area contributed by atoms with Crippen LogP contribution >= 0.6 is 15.9 Å². The van der Waals surface area contributed by atoms with Crippen LogP contribution in [0.25, 0.3) is 0 Å². The first-order valence-electron chi connectivity index (χ1n) is 5.30. The summed E-state index contributed by atoms with van der Waals surface area (Å²) < 4.78 is 6.41. The highest BCUT2D eigenvalue weighted by molar-refractivity contribution is 9.10. The lowest BCUT2D eigenvalue weighted by molar-refractivity contribution is -0.0550. The summed E-state index contributed by atoms with van der Waals surface area (Å²) in [5.41, 5.74) is 0.933. The first-order valence-corrected chi connectivity index (χ1v) is 6.10. The van der Waals surface area contributed by atoms with Crippen molar-refractivity contribution in [1.82, 2.24) is 9.55 Å². The van der Waals surface area contributed by atoms with Crippen molar-refractivity contribution in [2.75, 3.05) is 12.1 Å². The molecule has 1 aliphatic heterocycles. The van der Waals surface area contributed by atoms with Crippen molar-refractivity contribution in [3.8, 4) is 0 Å². The van der Waals surface area contributed by atoms with E-state index in [0.717, 1.165) is 4.57 Å². The van der Waals surface area contributed by atoms with Crippen LogP contribution in [0.2, 0.25) is 0 Å². The number of hydrogen-bond donors (Lipinski definition) is 5. The van der Waals surface area contributed by atoms with Crippen LogP contribution in [0.5, 0.6) is 0 Å². The Morgan fingerprint density at radius 1 is 1.47 bits per heavy atom. The minimum Gasteiger partial charge on any atom is -0.394 e. The van der Waals surface area contributed by atoms with Gasteiger partial charge >= 0.3 is 5.69 Å². The summed E-state index contributed by atoms with van der Waals surface area (Å²) in [6, 6.07) is 0. The van der Waals surface area contributed by atoms with Crippen LogP contribution in [0.1, 0.15) is 6.23 Å². The average molecular weight is 338 g/mol. The van der Waals surface area contributed by atoms with Gasteiger partial charge in [0.1, 0.15) is 18.3 Å². The zero-order chi connectivity index (χ0) is 14.2. The summed E-state index contributed by atoms with van der Waals surface area (Å²) in [4.78, 5) is 15.2. The Balaban J connectivity index is 2.38. The summed E-state index contributed by atoms with van der Waals surface area (Å²) in [7, 11) is 0. The van der Waals surface area contributed by atoms with E-state index in [-0.39, 0.29) is 10.3 Å². The Morgan fingerprint density at radius 2 is 2.16 bits per heavy atom. The van der Waals surface area contributed by atoms with Crippen LogP contribution in [0, 0.1) is 0 Å². The zero-order valence-electron chi connectivity index (χ0n) is 9.47. The molecular formula is C9H12BrN3O6. The van der Waals surface area contributed by atoms with Crippen LogP contribution in [-0.2, 0) is 4.74 Å². The van der Waals surface area contributed by atoms with Gasteiger partial charge in [-0.25, -0.2) is 4.79 Å². The molecule has 2 rings (SSSR count). The highest BCUT2D eigenvalue weighted by atomic mass is 79.9. The number of nitrogens with zero attached hydrogens (tertiary/aromatic N) is 2. The molecule has 0 bridgehead atoms. The molecule has 5 N–H and O–H groups in total. The Bertz CT molecular complexity index is 523. The maximum absolute atomic E-state index is 11.7. The van der Waals surface area contributed by atoms with Crippen molar-refractivity contribution in [1.29, 1.82) is 0 Å². The average Bonchev–Trinajstić information content (AvgIpc) is 2.68. The Hall–Kier alpha value is -1.04. The number of nitrogens with one attached hydrogen (secondary N) is 1. The van der Waals surface area contributed by atoms with Crippen LogP contribution in [0.3, 0.4) is 0 Å². The monoisotopic (exact) mass is 337 g/mol. The van der Waals surface area contributed by atoms with Crippen molar-refractivity contribution in [3.05, 3.63) is 21.2 Å². The molecular weight excluding hydrogens is 326 g/mol. The minimum absolute atomic E-state index is 0.0898. The highest BCUT2D eigenvalue weighted by Gasteiger charge is 2.43. The Morgan fingerprint density at radius 3 is 2.68 bits per heavy atom. The number of aliphatic hydroxyl groups excluding tert-OH is 3. The first kappa shape index (κ1) is 14.4. The van der Waals surface area contributed by atoms with Crippen molar-refractivity contribution >= 4 is 21.7 Å². The van der Waals surface area contributed by atoms with Crippen LogP contribution < -0.4 is 11.2 Å². The number of ether oxygens (including phenoxy) is 1. The number of anilines is 1. The predicted molar refractivity (Wildman–Crippen MR) is 64.6 cm³/mol. The van der Waals surface area contributed by atoms with Crippen molar-refractivity contribution < 1.29 is 25.3 Å². The quantitative estimate of drug-likeness (QED) is 0.417. The molecule has 1 fully saturated rings. The second kappa shape index (κ2) is 5.53. The fourth-order valence-corrected chi connectivity index (χ4v) is 2.21. The molecule has 2 heterocycles. The third-order valence-electron chi connectivity index (χ3n) is 2.80. The van der Waals surface area contributed by atoms with Gasteiger partial charge in [0.25, 0.3) is 0 Å². The summed E-state index contributed by atoms with van der Waals surface area (Å²) in [6.07, 6.45) is -3.60. The Labute approximate surface area is 115 Å². The molecule has 0 spiro atoms. The molecule has 4 atom stereocenters. The smallest absolute Gasteiger partial charge is 0.351 e. The number of hydrogen-bond acceptors (Lipinski definition) is 8. The maximum Gasteiger partial charge on any atom is 0.351 e. The molecule has 1 aromatic rings. The zero-order valence-corrected chi connectivity index (χ0v) is 11.1. The lowest BCUT2D eigenvalue weighted by Gasteiger charge is -2.17. The lowest BCUT2D eigenvalue weighted by atomic mass is 10.1. The second-order valence-electron chi connectivity index (χ2n) is 3.97. The van der Waals surface area contributed by atoms with Crippen LogP contribution in [0.15, 0.2) is 15.5 Å². The van der Waals surface area contributed by atoms with E-state index in [2.05, 4.69) is 20.9 Å². The summed E-state index contributed by atoms with van der Waals surface area (Å²) in [6.45, 7) is -0.492. The number of rotatable bonds is 3. The molecule has 10 heteroatoms. The van der Waals surface area contributed by atoms with E-state index in [9.17, 15) is 15.0 Å². The van der Waals surface area contributed by atoms with E-state index in [1.807, 2.05) is 0 Å². The molecule has 9 nitrogen and oxygen atoms in total. The van der Waals surface area contributed by atoms with Crippen molar-refractivity contribution in [2.45, 2.75) is 24.5 Å². The van der Waals surface area contributed by atoms with E-state index in [1.54, 1.807) is 5.48 Å². The fraction of sp³-hybridized carbons (Fsp3) is 0.556. The van der Waals surface area contributed by atoms with E-state index in [1.165, 1.54) is 6.20 Å². The summed E-state index contributed by atoms with van der Waals surface area (Å²) in [5, 5.41) is 37.1.